The zero-order valence-corrected chi connectivity index (χ0v) is 13.2. The van der Waals surface area contributed by atoms with Crippen LogP contribution in [0.15, 0.2) is 48.5 Å². The molecule has 1 fully saturated rings. The number of ketones is 1. The average molecular weight is 308 g/mol. The smallest absolute Gasteiger partial charge is 0.307 e. The van der Waals surface area contributed by atoms with Crippen LogP contribution in [0, 0.1) is 18.8 Å². The predicted molar refractivity (Wildman–Crippen MR) is 89.4 cm³/mol. The Bertz CT molecular complexity index is 714. The summed E-state index contributed by atoms with van der Waals surface area (Å²) in [6, 6.07) is 15.7. The van der Waals surface area contributed by atoms with Crippen LogP contribution in [0.2, 0.25) is 0 Å². The highest BCUT2D eigenvalue weighted by molar-refractivity contribution is 6.00. The van der Waals surface area contributed by atoms with E-state index in [1.54, 1.807) is 0 Å². The van der Waals surface area contributed by atoms with Crippen LogP contribution in [0.25, 0.3) is 11.1 Å². The molecule has 118 valence electrons. The molecule has 1 aliphatic carbocycles. The molecule has 2 aromatic rings. The van der Waals surface area contributed by atoms with Crippen molar-refractivity contribution in [3.05, 3.63) is 59.7 Å². The van der Waals surface area contributed by atoms with Crippen LogP contribution in [0.1, 0.15) is 35.2 Å². The number of hydrogen-bond donors (Lipinski definition) is 1. The van der Waals surface area contributed by atoms with Gasteiger partial charge in [-0.3, -0.25) is 9.59 Å². The van der Waals surface area contributed by atoms with E-state index in [0.29, 0.717) is 18.4 Å². The summed E-state index contributed by atoms with van der Waals surface area (Å²) >= 11 is 0. The molecule has 0 aliphatic heterocycles. The average Bonchev–Trinajstić information content (AvgIpc) is 3.05. The van der Waals surface area contributed by atoms with Crippen molar-refractivity contribution >= 4 is 11.8 Å². The summed E-state index contributed by atoms with van der Waals surface area (Å²) in [5, 5.41) is 9.24. The lowest BCUT2D eigenvalue weighted by Gasteiger charge is -2.14. The minimum atomic E-state index is -0.850. The molecule has 2 atom stereocenters. The molecule has 0 heterocycles. The lowest BCUT2D eigenvalue weighted by molar-refractivity contribution is -0.142. The minimum Gasteiger partial charge on any atom is -0.481 e. The molecule has 1 aliphatic rings. The Balaban J connectivity index is 1.80. The van der Waals surface area contributed by atoms with Crippen LogP contribution in [0.4, 0.5) is 0 Å². The van der Waals surface area contributed by atoms with E-state index in [1.807, 2.05) is 31.2 Å². The van der Waals surface area contributed by atoms with E-state index < -0.39 is 11.9 Å². The Hall–Kier alpha value is -2.42. The Kier molecular flexibility index (Phi) is 4.28. The first-order valence-electron chi connectivity index (χ1n) is 8.00. The van der Waals surface area contributed by atoms with Crippen LogP contribution in [0.3, 0.4) is 0 Å². The second-order valence-electron chi connectivity index (χ2n) is 6.29. The number of carbonyl (C=O) groups excluding carboxylic acids is 1. The van der Waals surface area contributed by atoms with E-state index in [-0.39, 0.29) is 11.7 Å². The van der Waals surface area contributed by atoms with E-state index >= 15 is 0 Å². The number of carboxylic acid groups (broad SMARTS) is 1. The second kappa shape index (κ2) is 6.37. The van der Waals surface area contributed by atoms with Gasteiger partial charge >= 0.3 is 5.97 Å². The van der Waals surface area contributed by atoms with E-state index in [2.05, 4.69) is 24.3 Å². The molecule has 0 bridgehead atoms. The predicted octanol–water partition coefficient (Wildman–Crippen LogP) is 4.35. The fraction of sp³-hybridized carbons (Fsp3) is 0.300. The third-order valence-corrected chi connectivity index (χ3v) is 4.72. The van der Waals surface area contributed by atoms with Gasteiger partial charge in [0, 0.05) is 11.5 Å². The number of carbonyl (C=O) groups is 2. The molecular formula is C20H20O3. The molecule has 3 heteroatoms. The van der Waals surface area contributed by atoms with Crippen LogP contribution in [-0.2, 0) is 4.79 Å². The number of aryl methyl sites for hydroxylation is 1. The molecule has 0 radical (unpaired) electrons. The topological polar surface area (TPSA) is 54.4 Å². The maximum Gasteiger partial charge on any atom is 0.307 e. The van der Waals surface area contributed by atoms with Gasteiger partial charge in [-0.15, -0.1) is 0 Å². The molecule has 3 rings (SSSR count). The number of Topliss-reactive ketones (excluding diaryl/α,β-unsaturated/α-hetero) is 1. The standard InChI is InChI=1S/C20H20O3/c1-13-5-7-14(8-6-13)15-9-11-16(12-10-15)19(21)17-3-2-4-18(17)20(22)23/h5-12,17-18H,2-4H2,1H3,(H,22,23)/t17-,18-/m0/s1. The van der Waals surface area contributed by atoms with Gasteiger partial charge in [0.15, 0.2) is 5.78 Å². The molecule has 1 saturated carbocycles. The zero-order chi connectivity index (χ0) is 16.4. The van der Waals surface area contributed by atoms with Gasteiger partial charge in [0.2, 0.25) is 0 Å². The number of carboxylic acids is 1. The molecule has 0 saturated heterocycles. The highest BCUT2D eigenvalue weighted by Gasteiger charge is 2.37. The van der Waals surface area contributed by atoms with Crippen molar-refractivity contribution < 1.29 is 14.7 Å². The van der Waals surface area contributed by atoms with Gasteiger partial charge in [-0.2, -0.15) is 0 Å². The largest absolute Gasteiger partial charge is 0.481 e. The van der Waals surface area contributed by atoms with Gasteiger partial charge in [0.1, 0.15) is 0 Å². The first-order valence-corrected chi connectivity index (χ1v) is 8.00. The van der Waals surface area contributed by atoms with Crippen molar-refractivity contribution in [2.45, 2.75) is 26.2 Å². The quantitative estimate of drug-likeness (QED) is 0.855. The van der Waals surface area contributed by atoms with Crippen molar-refractivity contribution in [2.75, 3.05) is 0 Å². The highest BCUT2D eigenvalue weighted by atomic mass is 16.4. The molecule has 0 aromatic heterocycles. The van der Waals surface area contributed by atoms with Gasteiger partial charge in [0.05, 0.1) is 5.92 Å². The normalized spacial score (nSPS) is 20.4. The first-order chi connectivity index (χ1) is 11.1. The zero-order valence-electron chi connectivity index (χ0n) is 13.2. The third-order valence-electron chi connectivity index (χ3n) is 4.72. The van der Waals surface area contributed by atoms with E-state index in [0.717, 1.165) is 17.5 Å². The van der Waals surface area contributed by atoms with Gasteiger partial charge in [0.25, 0.3) is 0 Å². The van der Waals surface area contributed by atoms with Gasteiger partial charge in [-0.1, -0.05) is 60.5 Å². The van der Waals surface area contributed by atoms with Gasteiger partial charge < -0.3 is 5.11 Å². The highest BCUT2D eigenvalue weighted by Crippen LogP contribution is 2.34. The Morgan fingerprint density at radius 3 is 1.96 bits per heavy atom. The maximum absolute atomic E-state index is 12.6. The Morgan fingerprint density at radius 2 is 1.39 bits per heavy atom. The molecule has 0 unspecified atom stereocenters. The fourth-order valence-electron chi connectivity index (χ4n) is 3.36. The maximum atomic E-state index is 12.6. The van der Waals surface area contributed by atoms with Gasteiger partial charge in [-0.25, -0.2) is 0 Å². The summed E-state index contributed by atoms with van der Waals surface area (Å²) < 4.78 is 0. The van der Waals surface area contributed by atoms with Crippen molar-refractivity contribution in [2.24, 2.45) is 11.8 Å². The number of aliphatic carboxylic acids is 1. The Morgan fingerprint density at radius 1 is 0.870 bits per heavy atom. The number of rotatable bonds is 4. The number of hydrogen-bond acceptors (Lipinski definition) is 2. The lowest BCUT2D eigenvalue weighted by atomic mass is 9.88. The summed E-state index contributed by atoms with van der Waals surface area (Å²) in [7, 11) is 0. The first kappa shape index (κ1) is 15.5. The van der Waals surface area contributed by atoms with E-state index in [1.165, 1.54) is 5.56 Å². The summed E-state index contributed by atoms with van der Waals surface area (Å²) in [4.78, 5) is 23.9. The molecule has 0 spiro atoms. The summed E-state index contributed by atoms with van der Waals surface area (Å²) in [6.07, 6.45) is 2.09. The SMILES string of the molecule is Cc1ccc(-c2ccc(C(=O)[C@H]3CCC[C@@H]3C(=O)O)cc2)cc1. The van der Waals surface area contributed by atoms with Crippen molar-refractivity contribution in [1.82, 2.24) is 0 Å². The molecule has 23 heavy (non-hydrogen) atoms. The van der Waals surface area contributed by atoms with Gasteiger partial charge in [-0.05, 0) is 30.9 Å². The van der Waals surface area contributed by atoms with Crippen LogP contribution >= 0.6 is 0 Å². The fourth-order valence-corrected chi connectivity index (χ4v) is 3.36. The molecule has 0 amide bonds. The molecule has 3 nitrogen and oxygen atoms in total. The second-order valence-corrected chi connectivity index (χ2v) is 6.29. The number of benzene rings is 2. The minimum absolute atomic E-state index is 0.0367. The molecule has 1 N–H and O–H groups in total. The van der Waals surface area contributed by atoms with Crippen molar-refractivity contribution in [3.8, 4) is 11.1 Å². The van der Waals surface area contributed by atoms with E-state index in [9.17, 15) is 14.7 Å². The Labute approximate surface area is 136 Å². The van der Waals surface area contributed by atoms with Crippen LogP contribution in [0.5, 0.6) is 0 Å². The van der Waals surface area contributed by atoms with Crippen molar-refractivity contribution in [3.63, 3.8) is 0 Å². The van der Waals surface area contributed by atoms with E-state index in [4.69, 9.17) is 0 Å². The van der Waals surface area contributed by atoms with Crippen LogP contribution in [-0.4, -0.2) is 16.9 Å². The summed E-state index contributed by atoms with van der Waals surface area (Å²) in [5.41, 5.74) is 3.99. The van der Waals surface area contributed by atoms with Crippen LogP contribution < -0.4 is 0 Å². The van der Waals surface area contributed by atoms with Crippen molar-refractivity contribution in [1.29, 1.82) is 0 Å². The lowest BCUT2D eigenvalue weighted by Crippen LogP contribution is -2.25. The molecular weight excluding hydrogens is 288 g/mol. The summed E-state index contributed by atoms with van der Waals surface area (Å²) in [5.74, 6) is -1.79. The third kappa shape index (κ3) is 3.19. The summed E-state index contributed by atoms with van der Waals surface area (Å²) in [6.45, 7) is 2.05. The monoisotopic (exact) mass is 308 g/mol. The molecule has 2 aromatic carbocycles.